The van der Waals surface area contributed by atoms with Crippen molar-refractivity contribution >= 4 is 50.8 Å². The zero-order chi connectivity index (χ0) is 19.6. The Bertz CT molecular complexity index is 1140. The Labute approximate surface area is 160 Å². The molecule has 8 nitrogen and oxygen atoms in total. The Balaban J connectivity index is 1.80. The first kappa shape index (κ1) is 18.5. The number of thioether (sulfide) groups is 1. The summed E-state index contributed by atoms with van der Waals surface area (Å²) in [4.78, 5) is 38.0. The first-order valence-electron chi connectivity index (χ1n) is 7.50. The molecule has 0 bridgehead atoms. The number of carbonyl (C=O) groups excluding carboxylic acids is 2. The maximum absolute atomic E-state index is 12.1. The summed E-state index contributed by atoms with van der Waals surface area (Å²) in [7, 11) is 0. The number of carbonyl (C=O) groups is 2. The Kier molecular flexibility index (Phi) is 5.16. The quantitative estimate of drug-likeness (QED) is 0.481. The van der Waals surface area contributed by atoms with Crippen LogP contribution in [0.3, 0.4) is 0 Å². The third-order valence-electron chi connectivity index (χ3n) is 3.50. The molecule has 3 aromatic rings. The van der Waals surface area contributed by atoms with Crippen molar-refractivity contribution in [3.63, 3.8) is 0 Å². The molecule has 2 aromatic heterocycles. The average Bonchev–Trinajstić information content (AvgIpc) is 2.99. The zero-order valence-electron chi connectivity index (χ0n) is 13.6. The lowest BCUT2D eigenvalue weighted by molar-refractivity contribution is -0.113. The number of pyridine rings is 1. The molecule has 2 heterocycles. The molecular weight excluding hydrogens is 388 g/mol. The molecule has 2 amide bonds. The van der Waals surface area contributed by atoms with Crippen molar-refractivity contribution in [2.45, 2.75) is 4.21 Å². The van der Waals surface area contributed by atoms with E-state index in [1.165, 1.54) is 0 Å². The van der Waals surface area contributed by atoms with Gasteiger partial charge in [0.2, 0.25) is 5.91 Å². The van der Waals surface area contributed by atoms with Crippen LogP contribution >= 0.6 is 23.1 Å². The minimum atomic E-state index is -0.766. The molecule has 0 aliphatic rings. The molecule has 3 rings (SSSR count). The van der Waals surface area contributed by atoms with E-state index < -0.39 is 11.5 Å². The lowest BCUT2D eigenvalue weighted by Gasteiger charge is -2.05. The van der Waals surface area contributed by atoms with E-state index >= 15 is 0 Å². The summed E-state index contributed by atoms with van der Waals surface area (Å²) in [6, 6.07) is 9.38. The summed E-state index contributed by atoms with van der Waals surface area (Å²) < 4.78 is 0.739. The second kappa shape index (κ2) is 7.53. The number of fused-ring (bicyclic) bond motifs is 1. The number of nitriles is 1. The van der Waals surface area contributed by atoms with Crippen LogP contribution in [-0.4, -0.2) is 27.7 Å². The number of amides is 2. The third kappa shape index (κ3) is 3.94. The van der Waals surface area contributed by atoms with E-state index in [1.807, 2.05) is 6.07 Å². The number of aromatic nitrogens is 1. The largest absolute Gasteiger partial charge is 0.506 e. The molecule has 0 aliphatic carbocycles. The Hall–Kier alpha value is -3.29. The fraction of sp³-hybridized carbons (Fsp3) is 0.0588. The van der Waals surface area contributed by atoms with Crippen LogP contribution in [0, 0.1) is 11.3 Å². The standard InChI is InChI=1S/C17H12N4O4S2/c18-6-8-1-3-9(4-2-8)20-12(24)7-26-17-13(16(19)25)14-15(27-17)10(22)5-11(23)21-14/h1-5H,7H2,(H2,19,25)(H,20,24)(H2,21,22,23). The van der Waals surface area contributed by atoms with Crippen molar-refractivity contribution in [2.75, 3.05) is 11.1 Å². The van der Waals surface area contributed by atoms with Crippen molar-refractivity contribution < 1.29 is 14.7 Å². The lowest BCUT2D eigenvalue weighted by Crippen LogP contribution is -2.15. The van der Waals surface area contributed by atoms with Gasteiger partial charge >= 0.3 is 0 Å². The second-order valence-corrected chi connectivity index (χ2v) is 7.64. The number of hydrogen-bond acceptors (Lipinski definition) is 7. The van der Waals surface area contributed by atoms with E-state index in [2.05, 4.69) is 10.3 Å². The summed E-state index contributed by atoms with van der Waals surface area (Å²) >= 11 is 2.14. The number of nitrogens with zero attached hydrogens (tertiary/aromatic N) is 1. The number of thiophene rings is 1. The predicted molar refractivity (Wildman–Crippen MR) is 103 cm³/mol. The highest BCUT2D eigenvalue weighted by molar-refractivity contribution is 8.02. The monoisotopic (exact) mass is 400 g/mol. The summed E-state index contributed by atoms with van der Waals surface area (Å²) in [6.45, 7) is 0. The molecule has 0 unspecified atom stereocenters. The Morgan fingerprint density at radius 3 is 2.67 bits per heavy atom. The number of aromatic hydroxyl groups is 1. The number of anilines is 1. The van der Waals surface area contributed by atoms with Gasteiger partial charge in [-0.2, -0.15) is 5.26 Å². The fourth-order valence-corrected chi connectivity index (χ4v) is 4.59. The van der Waals surface area contributed by atoms with E-state index in [-0.39, 0.29) is 28.5 Å². The van der Waals surface area contributed by atoms with Crippen LogP contribution in [0.15, 0.2) is 39.3 Å². The van der Waals surface area contributed by atoms with E-state index in [0.29, 0.717) is 20.2 Å². The molecule has 0 atom stereocenters. The van der Waals surface area contributed by atoms with Crippen molar-refractivity contribution in [1.82, 2.24) is 4.98 Å². The highest BCUT2D eigenvalue weighted by Crippen LogP contribution is 2.40. The van der Waals surface area contributed by atoms with Gasteiger partial charge in [-0.25, -0.2) is 0 Å². The number of benzene rings is 1. The summed E-state index contributed by atoms with van der Waals surface area (Å²) in [5.41, 5.74) is 6.09. The Morgan fingerprint density at radius 1 is 1.33 bits per heavy atom. The molecule has 0 aliphatic heterocycles. The van der Waals surface area contributed by atoms with Crippen LogP contribution < -0.4 is 16.6 Å². The maximum atomic E-state index is 12.1. The number of nitrogens with one attached hydrogen (secondary N) is 2. The molecule has 136 valence electrons. The smallest absolute Gasteiger partial charge is 0.252 e. The van der Waals surface area contributed by atoms with Gasteiger partial charge < -0.3 is 21.1 Å². The van der Waals surface area contributed by atoms with Crippen molar-refractivity contribution in [2.24, 2.45) is 5.73 Å². The lowest BCUT2D eigenvalue weighted by atomic mass is 10.2. The summed E-state index contributed by atoms with van der Waals surface area (Å²) in [5, 5.41) is 21.4. The maximum Gasteiger partial charge on any atom is 0.252 e. The molecule has 0 saturated heterocycles. The van der Waals surface area contributed by atoms with Gasteiger partial charge in [-0.1, -0.05) is 0 Å². The topological polar surface area (TPSA) is 149 Å². The highest BCUT2D eigenvalue weighted by atomic mass is 32.2. The zero-order valence-corrected chi connectivity index (χ0v) is 15.2. The number of aromatic amines is 1. The minimum Gasteiger partial charge on any atom is -0.506 e. The van der Waals surface area contributed by atoms with Gasteiger partial charge in [0.1, 0.15) is 5.75 Å². The highest BCUT2D eigenvalue weighted by Gasteiger charge is 2.21. The summed E-state index contributed by atoms with van der Waals surface area (Å²) in [6.07, 6.45) is 0. The van der Waals surface area contributed by atoms with Crippen LogP contribution in [0.25, 0.3) is 10.2 Å². The second-order valence-electron chi connectivity index (χ2n) is 5.38. The number of H-pyrrole nitrogens is 1. The van der Waals surface area contributed by atoms with Crippen LogP contribution in [0.2, 0.25) is 0 Å². The van der Waals surface area contributed by atoms with Gasteiger partial charge in [0, 0.05) is 11.8 Å². The number of primary amides is 1. The van der Waals surface area contributed by atoms with Crippen LogP contribution in [0.4, 0.5) is 5.69 Å². The van der Waals surface area contributed by atoms with Crippen molar-refractivity contribution in [3.8, 4) is 11.8 Å². The number of nitrogens with two attached hydrogens (primary N) is 1. The minimum absolute atomic E-state index is 0.0158. The van der Waals surface area contributed by atoms with E-state index in [9.17, 15) is 19.5 Å². The fourth-order valence-electron chi connectivity index (χ4n) is 2.34. The van der Waals surface area contributed by atoms with E-state index in [4.69, 9.17) is 11.0 Å². The number of rotatable bonds is 5. The average molecular weight is 400 g/mol. The normalized spacial score (nSPS) is 10.5. The Morgan fingerprint density at radius 2 is 2.04 bits per heavy atom. The first-order chi connectivity index (χ1) is 12.9. The van der Waals surface area contributed by atoms with Gasteiger partial charge in [-0.05, 0) is 24.3 Å². The number of hydrogen-bond donors (Lipinski definition) is 4. The van der Waals surface area contributed by atoms with Crippen LogP contribution in [0.5, 0.6) is 5.75 Å². The van der Waals surface area contributed by atoms with Crippen molar-refractivity contribution in [1.29, 1.82) is 5.26 Å². The molecule has 10 heteroatoms. The van der Waals surface area contributed by atoms with Gasteiger partial charge in [0.15, 0.2) is 0 Å². The molecule has 0 spiro atoms. The van der Waals surface area contributed by atoms with Gasteiger partial charge in [0.25, 0.3) is 11.5 Å². The van der Waals surface area contributed by atoms with Crippen molar-refractivity contribution in [3.05, 3.63) is 51.8 Å². The van der Waals surface area contributed by atoms with Gasteiger partial charge in [0.05, 0.1) is 37.4 Å². The molecule has 27 heavy (non-hydrogen) atoms. The predicted octanol–water partition coefficient (Wildman–Crippen LogP) is 2.00. The molecule has 0 radical (unpaired) electrons. The molecule has 0 saturated carbocycles. The molecule has 1 aromatic carbocycles. The summed E-state index contributed by atoms with van der Waals surface area (Å²) in [5.74, 6) is -1.36. The van der Waals surface area contributed by atoms with E-state index in [1.54, 1.807) is 24.3 Å². The molecular formula is C17H12N4O4S2. The molecule has 5 N–H and O–H groups in total. The first-order valence-corrected chi connectivity index (χ1v) is 9.30. The SMILES string of the molecule is N#Cc1ccc(NC(=O)CSc2sc3c(O)cc(=O)[nH]c3c2C(N)=O)cc1. The van der Waals surface area contributed by atoms with Crippen LogP contribution in [0.1, 0.15) is 15.9 Å². The van der Waals surface area contributed by atoms with E-state index in [0.717, 1.165) is 29.2 Å². The third-order valence-corrected chi connectivity index (χ3v) is 5.99. The van der Waals surface area contributed by atoms with Gasteiger partial charge in [-0.3, -0.25) is 14.4 Å². The van der Waals surface area contributed by atoms with Gasteiger partial charge in [-0.15, -0.1) is 23.1 Å². The molecule has 0 fully saturated rings. The van der Waals surface area contributed by atoms with Crippen LogP contribution in [-0.2, 0) is 4.79 Å².